The van der Waals surface area contributed by atoms with Gasteiger partial charge in [0.25, 0.3) is 0 Å². The largest absolute Gasteiger partial charge is 0.396 e. The maximum Gasteiger partial charge on any atom is 0.0462 e. The first-order valence-corrected chi connectivity index (χ1v) is 6.74. The predicted molar refractivity (Wildman–Crippen MR) is 68.5 cm³/mol. The molecule has 0 radical (unpaired) electrons. The maximum atomic E-state index is 9.37. The Labute approximate surface area is 103 Å². The van der Waals surface area contributed by atoms with Crippen LogP contribution in [0.4, 0.5) is 0 Å². The molecular formula is C15H21NO. The molecule has 1 heterocycles. The van der Waals surface area contributed by atoms with Crippen LogP contribution in [0.25, 0.3) is 0 Å². The third-order valence-electron chi connectivity index (χ3n) is 4.56. The molecule has 17 heavy (non-hydrogen) atoms. The van der Waals surface area contributed by atoms with Crippen LogP contribution < -0.4 is 0 Å². The fourth-order valence-electron chi connectivity index (χ4n) is 3.67. The van der Waals surface area contributed by atoms with Crippen molar-refractivity contribution in [1.82, 2.24) is 4.90 Å². The molecule has 1 saturated carbocycles. The summed E-state index contributed by atoms with van der Waals surface area (Å²) in [6.45, 7) is 3.88. The van der Waals surface area contributed by atoms with Crippen LogP contribution in [-0.4, -0.2) is 29.7 Å². The standard InChI is InChI=1S/C15H21NO/c17-11-14-7-6-13-9-16(10-15(13)14)8-12-4-2-1-3-5-12/h1-5,13-15,17H,6-11H2/t13-,14+,15+/m0/s1. The zero-order valence-electron chi connectivity index (χ0n) is 10.3. The van der Waals surface area contributed by atoms with Crippen LogP contribution >= 0.6 is 0 Å². The van der Waals surface area contributed by atoms with Gasteiger partial charge in [0, 0.05) is 26.2 Å². The Kier molecular flexibility index (Phi) is 3.17. The summed E-state index contributed by atoms with van der Waals surface area (Å²) in [4.78, 5) is 2.56. The Morgan fingerprint density at radius 2 is 1.94 bits per heavy atom. The van der Waals surface area contributed by atoms with Crippen molar-refractivity contribution in [1.29, 1.82) is 0 Å². The number of aliphatic hydroxyl groups is 1. The fourth-order valence-corrected chi connectivity index (χ4v) is 3.67. The second-order valence-corrected chi connectivity index (χ2v) is 5.62. The third-order valence-corrected chi connectivity index (χ3v) is 4.56. The quantitative estimate of drug-likeness (QED) is 0.861. The van der Waals surface area contributed by atoms with Gasteiger partial charge in [-0.1, -0.05) is 30.3 Å². The fraction of sp³-hybridized carbons (Fsp3) is 0.600. The highest BCUT2D eigenvalue weighted by molar-refractivity contribution is 5.14. The van der Waals surface area contributed by atoms with E-state index in [1.807, 2.05) is 0 Å². The average molecular weight is 231 g/mol. The lowest BCUT2D eigenvalue weighted by Gasteiger charge is -2.19. The number of fused-ring (bicyclic) bond motifs is 1. The van der Waals surface area contributed by atoms with E-state index in [0.717, 1.165) is 18.4 Å². The van der Waals surface area contributed by atoms with Gasteiger partial charge in [-0.15, -0.1) is 0 Å². The Morgan fingerprint density at radius 3 is 2.71 bits per heavy atom. The molecular weight excluding hydrogens is 210 g/mol. The number of hydrogen-bond acceptors (Lipinski definition) is 2. The van der Waals surface area contributed by atoms with Crippen molar-refractivity contribution >= 4 is 0 Å². The number of likely N-dealkylation sites (tertiary alicyclic amines) is 1. The van der Waals surface area contributed by atoms with E-state index in [1.165, 1.54) is 31.5 Å². The summed E-state index contributed by atoms with van der Waals surface area (Å²) in [6, 6.07) is 10.7. The van der Waals surface area contributed by atoms with Gasteiger partial charge in [-0.3, -0.25) is 4.90 Å². The lowest BCUT2D eigenvalue weighted by atomic mass is 9.93. The molecule has 92 valence electrons. The van der Waals surface area contributed by atoms with Gasteiger partial charge in [0.05, 0.1) is 0 Å². The summed E-state index contributed by atoms with van der Waals surface area (Å²) in [5.41, 5.74) is 1.41. The van der Waals surface area contributed by atoms with E-state index >= 15 is 0 Å². The Morgan fingerprint density at radius 1 is 1.12 bits per heavy atom. The van der Waals surface area contributed by atoms with Crippen molar-refractivity contribution in [3.63, 3.8) is 0 Å². The van der Waals surface area contributed by atoms with Gasteiger partial charge in [0.2, 0.25) is 0 Å². The molecule has 1 aromatic rings. The molecule has 1 aliphatic carbocycles. The molecule has 3 atom stereocenters. The highest BCUT2D eigenvalue weighted by Crippen LogP contribution is 2.42. The molecule has 3 rings (SSSR count). The summed E-state index contributed by atoms with van der Waals surface area (Å²) >= 11 is 0. The second kappa shape index (κ2) is 4.79. The Balaban J connectivity index is 1.62. The van der Waals surface area contributed by atoms with Gasteiger partial charge in [-0.05, 0) is 36.2 Å². The maximum absolute atomic E-state index is 9.37. The third kappa shape index (κ3) is 2.24. The molecule has 2 nitrogen and oxygen atoms in total. The normalized spacial score (nSPS) is 32.9. The zero-order chi connectivity index (χ0) is 11.7. The van der Waals surface area contributed by atoms with E-state index in [9.17, 15) is 5.11 Å². The van der Waals surface area contributed by atoms with Gasteiger partial charge in [0.1, 0.15) is 0 Å². The molecule has 1 N–H and O–H groups in total. The molecule has 2 aliphatic rings. The van der Waals surface area contributed by atoms with Crippen LogP contribution in [0.15, 0.2) is 30.3 Å². The summed E-state index contributed by atoms with van der Waals surface area (Å²) in [5, 5.41) is 9.37. The van der Waals surface area contributed by atoms with Crippen molar-refractivity contribution in [2.24, 2.45) is 17.8 Å². The highest BCUT2D eigenvalue weighted by atomic mass is 16.3. The number of benzene rings is 1. The molecule has 0 bridgehead atoms. The first-order valence-electron chi connectivity index (χ1n) is 6.74. The molecule has 1 saturated heterocycles. The first kappa shape index (κ1) is 11.2. The minimum atomic E-state index is 0.389. The molecule has 1 aliphatic heterocycles. The van der Waals surface area contributed by atoms with E-state index < -0.39 is 0 Å². The summed E-state index contributed by atoms with van der Waals surface area (Å²) in [5.74, 6) is 2.17. The monoisotopic (exact) mass is 231 g/mol. The van der Waals surface area contributed by atoms with Crippen LogP contribution in [0.3, 0.4) is 0 Å². The van der Waals surface area contributed by atoms with Crippen molar-refractivity contribution in [3.8, 4) is 0 Å². The van der Waals surface area contributed by atoms with Crippen molar-refractivity contribution in [2.75, 3.05) is 19.7 Å². The van der Waals surface area contributed by atoms with Crippen LogP contribution in [0.2, 0.25) is 0 Å². The van der Waals surface area contributed by atoms with Gasteiger partial charge >= 0.3 is 0 Å². The second-order valence-electron chi connectivity index (χ2n) is 5.62. The number of nitrogens with zero attached hydrogens (tertiary/aromatic N) is 1. The number of hydrogen-bond donors (Lipinski definition) is 1. The van der Waals surface area contributed by atoms with Crippen molar-refractivity contribution in [2.45, 2.75) is 19.4 Å². The summed E-state index contributed by atoms with van der Waals surface area (Å²) in [6.07, 6.45) is 2.56. The lowest BCUT2D eigenvalue weighted by molar-refractivity contribution is 0.183. The minimum absolute atomic E-state index is 0.389. The molecule has 0 amide bonds. The number of aliphatic hydroxyl groups excluding tert-OH is 1. The minimum Gasteiger partial charge on any atom is -0.396 e. The summed E-state index contributed by atoms with van der Waals surface area (Å²) in [7, 11) is 0. The van der Waals surface area contributed by atoms with Gasteiger partial charge in [0.15, 0.2) is 0 Å². The van der Waals surface area contributed by atoms with E-state index in [0.29, 0.717) is 12.5 Å². The lowest BCUT2D eigenvalue weighted by Crippen LogP contribution is -2.23. The molecule has 2 fully saturated rings. The predicted octanol–water partition coefficient (Wildman–Crippen LogP) is 2.14. The van der Waals surface area contributed by atoms with Gasteiger partial charge in [-0.25, -0.2) is 0 Å². The van der Waals surface area contributed by atoms with Gasteiger partial charge in [-0.2, -0.15) is 0 Å². The number of rotatable bonds is 3. The Hall–Kier alpha value is -0.860. The van der Waals surface area contributed by atoms with Gasteiger partial charge < -0.3 is 5.11 Å². The van der Waals surface area contributed by atoms with Crippen LogP contribution in [0.1, 0.15) is 18.4 Å². The van der Waals surface area contributed by atoms with E-state index in [4.69, 9.17) is 0 Å². The molecule has 0 aromatic heterocycles. The highest BCUT2D eigenvalue weighted by Gasteiger charge is 2.41. The SMILES string of the molecule is OC[C@H]1CC[C@H]2CN(Cc3ccccc3)C[C@@H]12. The molecule has 1 aromatic carbocycles. The first-order chi connectivity index (χ1) is 8.36. The Bertz CT molecular complexity index is 364. The smallest absolute Gasteiger partial charge is 0.0462 e. The van der Waals surface area contributed by atoms with E-state index in [2.05, 4.69) is 35.2 Å². The topological polar surface area (TPSA) is 23.5 Å². The summed E-state index contributed by atoms with van der Waals surface area (Å²) < 4.78 is 0. The average Bonchev–Trinajstić information content (AvgIpc) is 2.89. The van der Waals surface area contributed by atoms with E-state index in [-0.39, 0.29) is 0 Å². The molecule has 0 spiro atoms. The van der Waals surface area contributed by atoms with Crippen LogP contribution in [0.5, 0.6) is 0 Å². The van der Waals surface area contributed by atoms with Crippen molar-refractivity contribution < 1.29 is 5.11 Å². The van der Waals surface area contributed by atoms with Crippen molar-refractivity contribution in [3.05, 3.63) is 35.9 Å². The zero-order valence-corrected chi connectivity index (χ0v) is 10.3. The molecule has 0 unspecified atom stereocenters. The van der Waals surface area contributed by atoms with Crippen LogP contribution in [0, 0.1) is 17.8 Å². The van der Waals surface area contributed by atoms with Crippen LogP contribution in [-0.2, 0) is 6.54 Å². The molecule has 2 heteroatoms. The van der Waals surface area contributed by atoms with E-state index in [1.54, 1.807) is 0 Å².